The topological polar surface area (TPSA) is 139 Å². The van der Waals surface area contributed by atoms with E-state index in [4.69, 9.17) is 9.15 Å². The molecule has 5 atom stereocenters. The number of alkyl halides is 1. The summed E-state index contributed by atoms with van der Waals surface area (Å²) >= 11 is 0. The summed E-state index contributed by atoms with van der Waals surface area (Å²) < 4.78 is 24.4. The van der Waals surface area contributed by atoms with Crippen molar-refractivity contribution < 1.29 is 37.8 Å². The summed E-state index contributed by atoms with van der Waals surface area (Å²) in [5.41, 5.74) is 0.666. The van der Waals surface area contributed by atoms with E-state index in [1.54, 1.807) is 39.0 Å². The number of aliphatic hydroxyl groups is 1. The van der Waals surface area contributed by atoms with Gasteiger partial charge in [-0.1, -0.05) is 43.7 Å². The van der Waals surface area contributed by atoms with Crippen LogP contribution >= 0.6 is 0 Å². The summed E-state index contributed by atoms with van der Waals surface area (Å²) in [6.07, 6.45) is 8.09. The fourth-order valence-corrected chi connectivity index (χ4v) is 4.89. The van der Waals surface area contributed by atoms with E-state index in [2.05, 4.69) is 10.3 Å². The number of halogens is 1. The zero-order valence-corrected chi connectivity index (χ0v) is 23.2. The number of carbonyl (C=O) groups is 4. The number of carbonyl (C=O) groups excluding carboxylic acids is 4. The van der Waals surface area contributed by atoms with Crippen LogP contribution in [0.2, 0.25) is 0 Å². The monoisotopic (exact) mass is 559 g/mol. The quantitative estimate of drug-likeness (QED) is 0.539. The minimum absolute atomic E-state index is 0.0352. The highest BCUT2D eigenvalue weighted by molar-refractivity contribution is 5.95. The molecule has 2 aliphatic rings. The summed E-state index contributed by atoms with van der Waals surface area (Å²) in [7, 11) is 0. The number of nitrogens with one attached hydrogen (secondary N) is 1. The minimum Gasteiger partial charge on any atom is -0.460 e. The number of oxazole rings is 1. The molecule has 2 aliphatic heterocycles. The molecular formula is C29H38FN3O7. The lowest BCUT2D eigenvalue weighted by molar-refractivity contribution is -0.158. The van der Waals surface area contributed by atoms with Crippen molar-refractivity contribution in [2.24, 2.45) is 11.8 Å². The van der Waals surface area contributed by atoms with Crippen LogP contribution in [0.5, 0.6) is 0 Å². The predicted octanol–water partition coefficient (Wildman–Crippen LogP) is 2.87. The maximum Gasteiger partial charge on any atom is 0.329 e. The van der Waals surface area contributed by atoms with Crippen molar-refractivity contribution >= 4 is 23.6 Å². The van der Waals surface area contributed by atoms with Crippen LogP contribution in [-0.2, 0) is 25.5 Å². The summed E-state index contributed by atoms with van der Waals surface area (Å²) in [5, 5.41) is 13.0. The lowest BCUT2D eigenvalue weighted by atomic mass is 9.90. The van der Waals surface area contributed by atoms with Gasteiger partial charge in [0, 0.05) is 25.4 Å². The first-order valence-corrected chi connectivity index (χ1v) is 13.6. The summed E-state index contributed by atoms with van der Waals surface area (Å²) in [6.45, 7) is 5.27. The molecule has 0 aliphatic carbocycles. The molecule has 1 saturated heterocycles. The van der Waals surface area contributed by atoms with Gasteiger partial charge < -0.3 is 24.5 Å². The molecule has 0 unspecified atom stereocenters. The first-order valence-electron chi connectivity index (χ1n) is 13.6. The van der Waals surface area contributed by atoms with Crippen LogP contribution in [0.25, 0.3) is 0 Å². The van der Waals surface area contributed by atoms with Gasteiger partial charge in [-0.2, -0.15) is 0 Å². The molecule has 10 nitrogen and oxygen atoms in total. The molecule has 2 bridgehead atoms. The van der Waals surface area contributed by atoms with Crippen molar-refractivity contribution in [3.63, 3.8) is 0 Å². The Morgan fingerprint density at radius 2 is 2.02 bits per heavy atom. The van der Waals surface area contributed by atoms with Gasteiger partial charge in [0.05, 0.1) is 19.2 Å². The average Bonchev–Trinajstić information content (AvgIpc) is 3.57. The third-order valence-corrected chi connectivity index (χ3v) is 7.02. The van der Waals surface area contributed by atoms with Gasteiger partial charge in [0.1, 0.15) is 24.2 Å². The number of Topliss-reactive ketones (excluding diaryl/α,β-unsaturated/α-hetero) is 1. The molecule has 3 heterocycles. The SMILES string of the molecule is CC1=C[C@@H](O)CC(=O)Cc2nc(co2)C(=O)N2CCC[C@@H]2C(=O)O[C@H]([C@H](C)CCF)[C@H](C)/C=C/C(=O)NCC=C1. The maximum atomic E-state index is 13.3. The van der Waals surface area contributed by atoms with E-state index < -0.39 is 42.7 Å². The molecule has 2 amide bonds. The number of amides is 2. The fraction of sp³-hybridized carbons (Fsp3) is 0.552. The van der Waals surface area contributed by atoms with E-state index in [9.17, 15) is 28.7 Å². The van der Waals surface area contributed by atoms with Gasteiger partial charge in [0.25, 0.3) is 5.91 Å². The van der Waals surface area contributed by atoms with Gasteiger partial charge in [0.2, 0.25) is 11.8 Å². The standard InChI is InChI=1S/C29H38FN3O7/c1-18-6-4-12-31-25(36)9-8-19(2)27(20(3)10-11-30)40-29(38)24-7-5-13-33(24)28(37)23-17-39-26(32-23)16-22(35)15-21(34)14-18/h4,6,8-9,14,17,19-21,24,27,34H,5,7,10-13,15-16H2,1-3H3,(H,31,36)/b6-4?,9-8+,18-14?/t19-,20-,21-,24-,27+/m1/s1. The molecule has 1 fully saturated rings. The van der Waals surface area contributed by atoms with Gasteiger partial charge >= 0.3 is 5.97 Å². The Morgan fingerprint density at radius 1 is 1.25 bits per heavy atom. The molecule has 1 aromatic heterocycles. The van der Waals surface area contributed by atoms with Crippen LogP contribution < -0.4 is 5.32 Å². The number of rotatable bonds is 3. The van der Waals surface area contributed by atoms with Crippen molar-refractivity contribution in [2.45, 2.75) is 71.1 Å². The van der Waals surface area contributed by atoms with Gasteiger partial charge in [-0.25, -0.2) is 9.78 Å². The Balaban J connectivity index is 1.87. The molecule has 0 spiro atoms. The highest BCUT2D eigenvalue weighted by Gasteiger charge is 2.39. The number of esters is 1. The number of allylic oxidation sites excluding steroid dienone is 2. The Bertz CT molecular complexity index is 1160. The van der Waals surface area contributed by atoms with Gasteiger partial charge in [-0.3, -0.25) is 18.8 Å². The van der Waals surface area contributed by atoms with Crippen molar-refractivity contribution in [2.75, 3.05) is 19.8 Å². The molecule has 2 N–H and O–H groups in total. The molecule has 40 heavy (non-hydrogen) atoms. The number of ether oxygens (including phenoxy) is 1. The first kappa shape index (κ1) is 30.9. The van der Waals surface area contributed by atoms with E-state index in [0.29, 0.717) is 25.0 Å². The second kappa shape index (κ2) is 14.7. The number of nitrogens with zero attached hydrogens (tertiary/aromatic N) is 2. The third kappa shape index (κ3) is 8.70. The van der Waals surface area contributed by atoms with Crippen molar-refractivity contribution in [1.29, 1.82) is 0 Å². The molecular weight excluding hydrogens is 521 g/mol. The summed E-state index contributed by atoms with van der Waals surface area (Å²) in [6, 6.07) is -0.854. The number of hydrogen-bond donors (Lipinski definition) is 2. The number of ketones is 1. The Hall–Kier alpha value is -3.60. The number of fused-ring (bicyclic) bond motifs is 3. The van der Waals surface area contributed by atoms with Gasteiger partial charge in [-0.15, -0.1) is 0 Å². The third-order valence-electron chi connectivity index (χ3n) is 7.02. The molecule has 1 aromatic rings. The molecule has 3 rings (SSSR count). The van der Waals surface area contributed by atoms with E-state index in [-0.39, 0.29) is 55.0 Å². The number of hydrogen-bond acceptors (Lipinski definition) is 8. The van der Waals surface area contributed by atoms with E-state index in [1.807, 2.05) is 0 Å². The van der Waals surface area contributed by atoms with Crippen molar-refractivity contribution in [1.82, 2.24) is 15.2 Å². The second-order valence-electron chi connectivity index (χ2n) is 10.4. The van der Waals surface area contributed by atoms with Crippen molar-refractivity contribution in [3.05, 3.63) is 53.8 Å². The fourth-order valence-electron chi connectivity index (χ4n) is 4.89. The lowest BCUT2D eigenvalue weighted by Crippen LogP contribution is -2.44. The summed E-state index contributed by atoms with van der Waals surface area (Å²) in [4.78, 5) is 56.8. The van der Waals surface area contributed by atoms with Crippen LogP contribution in [0.4, 0.5) is 4.39 Å². The van der Waals surface area contributed by atoms with Crippen LogP contribution in [0.3, 0.4) is 0 Å². The number of aliphatic hydroxyl groups excluding tert-OH is 1. The first-order chi connectivity index (χ1) is 19.1. The smallest absolute Gasteiger partial charge is 0.329 e. The molecule has 0 saturated carbocycles. The predicted molar refractivity (Wildman–Crippen MR) is 144 cm³/mol. The highest BCUT2D eigenvalue weighted by atomic mass is 19.1. The normalized spacial score (nSPS) is 27.4. The maximum absolute atomic E-state index is 13.3. The Kier molecular flexibility index (Phi) is 11.4. The van der Waals surface area contributed by atoms with Crippen LogP contribution in [0.1, 0.15) is 62.8 Å². The lowest BCUT2D eigenvalue weighted by Gasteiger charge is -2.30. The second-order valence-corrected chi connectivity index (χ2v) is 10.4. The number of aromatic nitrogens is 1. The van der Waals surface area contributed by atoms with Gasteiger partial charge in [-0.05, 0) is 38.2 Å². The van der Waals surface area contributed by atoms with Crippen LogP contribution in [0.15, 0.2) is 46.6 Å². The largest absolute Gasteiger partial charge is 0.460 e. The molecule has 0 aromatic carbocycles. The number of cyclic esters (lactones) is 1. The van der Waals surface area contributed by atoms with Crippen LogP contribution in [0, 0.1) is 11.8 Å². The van der Waals surface area contributed by atoms with Crippen LogP contribution in [-0.4, -0.2) is 76.6 Å². The van der Waals surface area contributed by atoms with E-state index in [1.165, 1.54) is 17.1 Å². The Labute approximate surface area is 233 Å². The zero-order valence-electron chi connectivity index (χ0n) is 23.2. The van der Waals surface area contributed by atoms with E-state index >= 15 is 0 Å². The minimum atomic E-state index is -1.03. The average molecular weight is 560 g/mol. The molecule has 0 radical (unpaired) electrons. The highest BCUT2D eigenvalue weighted by Crippen LogP contribution is 2.26. The van der Waals surface area contributed by atoms with Crippen molar-refractivity contribution in [3.8, 4) is 0 Å². The molecule has 11 heteroatoms. The Morgan fingerprint density at radius 3 is 2.77 bits per heavy atom. The van der Waals surface area contributed by atoms with E-state index in [0.717, 1.165) is 6.26 Å². The zero-order chi connectivity index (χ0) is 29.2. The van der Waals surface area contributed by atoms with Gasteiger partial charge in [0.15, 0.2) is 5.69 Å². The molecule has 218 valence electrons. The summed E-state index contributed by atoms with van der Waals surface area (Å²) in [5.74, 6) is -2.51.